The first-order valence-corrected chi connectivity index (χ1v) is 7.37. The van der Waals surface area contributed by atoms with Crippen LogP contribution in [0.1, 0.15) is 15.9 Å². The van der Waals surface area contributed by atoms with Crippen LogP contribution in [0, 0.1) is 6.92 Å². The van der Waals surface area contributed by atoms with E-state index in [4.69, 9.17) is 5.73 Å². The Balaban J connectivity index is 2.30. The van der Waals surface area contributed by atoms with Gasteiger partial charge < -0.3 is 5.73 Å². The van der Waals surface area contributed by atoms with Crippen LogP contribution in [-0.4, -0.2) is 14.3 Å². The van der Waals surface area contributed by atoms with Crippen molar-refractivity contribution < 1.29 is 13.2 Å². The fourth-order valence-corrected chi connectivity index (χ4v) is 3.00. The third-order valence-electron chi connectivity index (χ3n) is 2.76. The summed E-state index contributed by atoms with van der Waals surface area (Å²) in [6, 6.07) is 12.6. The van der Waals surface area contributed by atoms with Gasteiger partial charge in [0.1, 0.15) is 0 Å². The van der Waals surface area contributed by atoms with Crippen molar-refractivity contribution in [3.05, 3.63) is 59.7 Å². The van der Waals surface area contributed by atoms with E-state index in [1.165, 1.54) is 18.2 Å². The average molecular weight is 290 g/mol. The summed E-state index contributed by atoms with van der Waals surface area (Å²) >= 11 is 0. The molecule has 0 radical (unpaired) electrons. The summed E-state index contributed by atoms with van der Waals surface area (Å²) in [6.07, 6.45) is 0. The molecule has 3 N–H and O–H groups in total. The monoisotopic (exact) mass is 290 g/mol. The second-order valence-corrected chi connectivity index (χ2v) is 5.98. The number of aryl methyl sites for hydroxylation is 1. The highest BCUT2D eigenvalue weighted by Crippen LogP contribution is 2.15. The zero-order valence-corrected chi connectivity index (χ0v) is 11.6. The smallest absolute Gasteiger partial charge is 0.265 e. The number of sulfonamides is 1. The second kappa shape index (κ2) is 5.34. The average Bonchev–Trinajstić information content (AvgIpc) is 2.38. The van der Waals surface area contributed by atoms with Crippen LogP contribution >= 0.6 is 0 Å². The van der Waals surface area contributed by atoms with Crippen molar-refractivity contribution in [2.24, 2.45) is 0 Å². The number of carbonyl (C=O) groups is 1. The van der Waals surface area contributed by atoms with E-state index in [1.54, 1.807) is 37.3 Å². The van der Waals surface area contributed by atoms with E-state index in [9.17, 15) is 13.2 Å². The fraction of sp³-hybridized carbons (Fsp3) is 0.0714. The molecule has 1 amide bonds. The van der Waals surface area contributed by atoms with Crippen LogP contribution < -0.4 is 10.5 Å². The Hall–Kier alpha value is -2.34. The van der Waals surface area contributed by atoms with Gasteiger partial charge in [-0.25, -0.2) is 13.1 Å². The molecule has 0 aromatic heterocycles. The fourth-order valence-electron chi connectivity index (χ4n) is 1.77. The number of anilines is 1. The Kier molecular flexibility index (Phi) is 3.76. The van der Waals surface area contributed by atoms with Crippen molar-refractivity contribution in [2.45, 2.75) is 11.8 Å². The van der Waals surface area contributed by atoms with Gasteiger partial charge in [-0.05, 0) is 36.8 Å². The Morgan fingerprint density at radius 1 is 1.10 bits per heavy atom. The minimum atomic E-state index is -3.89. The van der Waals surface area contributed by atoms with Gasteiger partial charge in [0, 0.05) is 11.3 Å². The summed E-state index contributed by atoms with van der Waals surface area (Å²) in [5.41, 5.74) is 6.73. The lowest BCUT2D eigenvalue weighted by Crippen LogP contribution is -2.31. The quantitative estimate of drug-likeness (QED) is 0.842. The second-order valence-electron chi connectivity index (χ2n) is 4.33. The molecule has 0 bridgehead atoms. The van der Waals surface area contributed by atoms with Crippen LogP contribution in [0.5, 0.6) is 0 Å². The van der Waals surface area contributed by atoms with Gasteiger partial charge in [-0.15, -0.1) is 0 Å². The first kappa shape index (κ1) is 14.1. The van der Waals surface area contributed by atoms with Crippen molar-refractivity contribution in [1.82, 2.24) is 4.72 Å². The van der Waals surface area contributed by atoms with Crippen LogP contribution in [0.3, 0.4) is 0 Å². The minimum absolute atomic E-state index is 0.0808. The summed E-state index contributed by atoms with van der Waals surface area (Å²) in [6.45, 7) is 1.67. The van der Waals surface area contributed by atoms with Crippen LogP contribution in [0.2, 0.25) is 0 Å². The number of nitrogens with one attached hydrogen (secondary N) is 1. The molecular formula is C14H14N2O3S. The van der Waals surface area contributed by atoms with E-state index in [0.717, 1.165) is 0 Å². The van der Waals surface area contributed by atoms with Gasteiger partial charge in [-0.2, -0.15) is 0 Å². The Morgan fingerprint density at radius 3 is 2.45 bits per heavy atom. The molecule has 5 nitrogen and oxygen atoms in total. The lowest BCUT2D eigenvalue weighted by molar-refractivity contribution is 0.0981. The molecule has 6 heteroatoms. The number of benzene rings is 2. The minimum Gasteiger partial charge on any atom is -0.399 e. The molecule has 0 heterocycles. The Labute approximate surface area is 117 Å². The molecule has 0 saturated carbocycles. The summed E-state index contributed by atoms with van der Waals surface area (Å²) in [5.74, 6) is -0.708. The van der Waals surface area contributed by atoms with E-state index in [2.05, 4.69) is 0 Å². The van der Waals surface area contributed by atoms with E-state index in [0.29, 0.717) is 11.3 Å². The Morgan fingerprint density at radius 2 is 1.80 bits per heavy atom. The van der Waals surface area contributed by atoms with Gasteiger partial charge in [0.05, 0.1) is 4.90 Å². The maximum absolute atomic E-state index is 12.2. The lowest BCUT2D eigenvalue weighted by atomic mass is 10.2. The normalized spacial score (nSPS) is 11.1. The molecule has 0 saturated heterocycles. The molecule has 0 spiro atoms. The van der Waals surface area contributed by atoms with Gasteiger partial charge in [0.25, 0.3) is 15.9 Å². The topological polar surface area (TPSA) is 89.3 Å². The number of carbonyl (C=O) groups excluding carboxylic acids is 1. The molecule has 0 unspecified atom stereocenters. The maximum atomic E-state index is 12.2. The number of hydrogen-bond acceptors (Lipinski definition) is 4. The van der Waals surface area contributed by atoms with Crippen molar-refractivity contribution in [2.75, 3.05) is 5.73 Å². The van der Waals surface area contributed by atoms with Crippen LogP contribution in [0.25, 0.3) is 0 Å². The van der Waals surface area contributed by atoms with Crippen molar-refractivity contribution in [3.8, 4) is 0 Å². The number of rotatable bonds is 3. The molecule has 104 valence electrons. The first-order valence-electron chi connectivity index (χ1n) is 5.88. The molecule has 0 fully saturated rings. The number of nitrogen functional groups attached to an aromatic ring is 1. The SMILES string of the molecule is Cc1ccccc1S(=O)(=O)NC(=O)c1cccc(N)c1. The van der Waals surface area contributed by atoms with Crippen molar-refractivity contribution >= 4 is 21.6 Å². The van der Waals surface area contributed by atoms with Gasteiger partial charge in [-0.3, -0.25) is 4.79 Å². The maximum Gasteiger partial charge on any atom is 0.265 e. The highest BCUT2D eigenvalue weighted by atomic mass is 32.2. The van der Waals surface area contributed by atoms with Crippen LogP contribution in [0.4, 0.5) is 5.69 Å². The summed E-state index contributed by atoms with van der Waals surface area (Å²) in [4.78, 5) is 12.0. The molecule has 0 aliphatic carbocycles. The van der Waals surface area contributed by atoms with E-state index in [1.807, 2.05) is 4.72 Å². The third kappa shape index (κ3) is 2.97. The number of hydrogen-bond donors (Lipinski definition) is 2. The van der Waals surface area contributed by atoms with Gasteiger partial charge in [0.2, 0.25) is 0 Å². The standard InChI is InChI=1S/C14H14N2O3S/c1-10-5-2-3-8-13(10)20(18,19)16-14(17)11-6-4-7-12(15)9-11/h2-9H,15H2,1H3,(H,16,17). The molecule has 2 aromatic carbocycles. The van der Waals surface area contributed by atoms with Crippen LogP contribution in [0.15, 0.2) is 53.4 Å². The van der Waals surface area contributed by atoms with E-state index >= 15 is 0 Å². The van der Waals surface area contributed by atoms with Crippen LogP contribution in [-0.2, 0) is 10.0 Å². The molecule has 20 heavy (non-hydrogen) atoms. The molecule has 2 rings (SSSR count). The van der Waals surface area contributed by atoms with Gasteiger partial charge in [-0.1, -0.05) is 24.3 Å². The number of nitrogens with two attached hydrogens (primary N) is 1. The predicted octanol–water partition coefficient (Wildman–Crippen LogP) is 1.70. The van der Waals surface area contributed by atoms with E-state index < -0.39 is 15.9 Å². The lowest BCUT2D eigenvalue weighted by Gasteiger charge is -2.09. The highest BCUT2D eigenvalue weighted by molar-refractivity contribution is 7.90. The summed E-state index contributed by atoms with van der Waals surface area (Å²) in [5, 5.41) is 0. The van der Waals surface area contributed by atoms with E-state index in [-0.39, 0.29) is 10.5 Å². The zero-order chi connectivity index (χ0) is 14.8. The molecule has 0 aliphatic rings. The first-order chi connectivity index (χ1) is 9.40. The largest absolute Gasteiger partial charge is 0.399 e. The Bertz CT molecular complexity index is 755. The number of amides is 1. The predicted molar refractivity (Wildman–Crippen MR) is 76.7 cm³/mol. The molecular weight excluding hydrogens is 276 g/mol. The molecule has 0 atom stereocenters. The van der Waals surface area contributed by atoms with Gasteiger partial charge in [0.15, 0.2) is 0 Å². The molecule has 2 aromatic rings. The van der Waals surface area contributed by atoms with Gasteiger partial charge >= 0.3 is 0 Å². The summed E-state index contributed by atoms with van der Waals surface area (Å²) in [7, 11) is -3.89. The third-order valence-corrected chi connectivity index (χ3v) is 4.25. The zero-order valence-electron chi connectivity index (χ0n) is 10.8. The van der Waals surface area contributed by atoms with Crippen molar-refractivity contribution in [1.29, 1.82) is 0 Å². The summed E-state index contributed by atoms with van der Waals surface area (Å²) < 4.78 is 26.4. The highest BCUT2D eigenvalue weighted by Gasteiger charge is 2.20. The van der Waals surface area contributed by atoms with Crippen molar-refractivity contribution in [3.63, 3.8) is 0 Å². The molecule has 0 aliphatic heterocycles.